The molecule has 0 unspecified atom stereocenters. The average molecular weight is 139 g/mol. The molecule has 2 nitrogen and oxygen atoms in total. The van der Waals surface area contributed by atoms with Gasteiger partial charge in [0.1, 0.15) is 0 Å². The normalized spacial score (nSPS) is 19.7. The molecule has 0 aromatic heterocycles. The zero-order valence-electron chi connectivity index (χ0n) is 6.55. The quantitative estimate of drug-likeness (QED) is 0.581. The van der Waals surface area contributed by atoms with Crippen LogP contribution < -0.4 is 0 Å². The highest BCUT2D eigenvalue weighted by atomic mass is 16.5. The van der Waals surface area contributed by atoms with Gasteiger partial charge in [-0.3, -0.25) is 0 Å². The van der Waals surface area contributed by atoms with Crippen molar-refractivity contribution in [2.24, 2.45) is 11.3 Å². The van der Waals surface area contributed by atoms with Crippen molar-refractivity contribution in [1.82, 2.24) is 0 Å². The van der Waals surface area contributed by atoms with Gasteiger partial charge in [0.2, 0.25) is 0 Å². The van der Waals surface area contributed by atoms with Crippen LogP contribution in [0, 0.1) is 22.7 Å². The highest BCUT2D eigenvalue weighted by Gasteiger charge is 2.27. The largest absolute Gasteiger partial charge is 0.381 e. The highest BCUT2D eigenvalue weighted by molar-refractivity contribution is 4.93. The summed E-state index contributed by atoms with van der Waals surface area (Å²) >= 11 is 0. The van der Waals surface area contributed by atoms with Crippen LogP contribution in [0.5, 0.6) is 0 Å². The van der Waals surface area contributed by atoms with E-state index in [9.17, 15) is 0 Å². The number of ether oxygens (including phenoxy) is 1. The van der Waals surface area contributed by atoms with E-state index in [0.717, 1.165) is 19.6 Å². The Balaban J connectivity index is 2.30. The topological polar surface area (TPSA) is 33.0 Å². The molecule has 0 aromatic carbocycles. The third-order valence-corrected chi connectivity index (χ3v) is 1.81. The maximum atomic E-state index is 8.67. The Morgan fingerprint density at radius 3 is 2.50 bits per heavy atom. The fraction of sp³-hybridized carbons (Fsp3) is 0.875. The van der Waals surface area contributed by atoms with E-state index >= 15 is 0 Å². The van der Waals surface area contributed by atoms with Crippen LogP contribution in [0.1, 0.15) is 20.3 Å². The van der Waals surface area contributed by atoms with E-state index in [-0.39, 0.29) is 5.41 Å². The molecule has 0 bridgehead atoms. The van der Waals surface area contributed by atoms with E-state index < -0.39 is 0 Å². The second-order valence-electron chi connectivity index (χ2n) is 3.60. The first-order chi connectivity index (χ1) is 4.64. The lowest BCUT2D eigenvalue weighted by molar-refractivity contribution is -0.0454. The smallest absolute Gasteiger partial charge is 0.0684 e. The van der Waals surface area contributed by atoms with Crippen LogP contribution in [0.2, 0.25) is 0 Å². The summed E-state index contributed by atoms with van der Waals surface area (Å²) in [5, 5.41) is 8.67. The molecule has 1 rings (SSSR count). The van der Waals surface area contributed by atoms with Crippen LogP contribution in [0.3, 0.4) is 0 Å². The molecule has 0 amide bonds. The number of hydrogen-bond acceptors (Lipinski definition) is 2. The number of nitrogens with zero attached hydrogens (tertiary/aromatic N) is 1. The summed E-state index contributed by atoms with van der Waals surface area (Å²) in [6.45, 7) is 5.66. The van der Waals surface area contributed by atoms with Crippen molar-refractivity contribution in [2.75, 3.05) is 13.2 Å². The molecule has 56 valence electrons. The van der Waals surface area contributed by atoms with Crippen LogP contribution >= 0.6 is 0 Å². The van der Waals surface area contributed by atoms with Gasteiger partial charge in [-0.05, 0) is 20.3 Å². The summed E-state index contributed by atoms with van der Waals surface area (Å²) < 4.78 is 5.02. The summed E-state index contributed by atoms with van der Waals surface area (Å²) in [5.74, 6) is 0.634. The molecule has 0 radical (unpaired) electrons. The molecule has 0 aromatic rings. The van der Waals surface area contributed by atoms with Gasteiger partial charge in [-0.2, -0.15) is 5.26 Å². The second kappa shape index (κ2) is 2.59. The van der Waals surface area contributed by atoms with Gasteiger partial charge in [0.25, 0.3) is 0 Å². The fourth-order valence-electron chi connectivity index (χ4n) is 1.17. The van der Waals surface area contributed by atoms with E-state index in [2.05, 4.69) is 6.07 Å². The number of nitriles is 1. The van der Waals surface area contributed by atoms with E-state index in [4.69, 9.17) is 10.00 Å². The maximum absolute atomic E-state index is 8.67. The van der Waals surface area contributed by atoms with Gasteiger partial charge in [-0.1, -0.05) is 0 Å². The van der Waals surface area contributed by atoms with Crippen molar-refractivity contribution in [1.29, 1.82) is 5.26 Å². The third kappa shape index (κ3) is 1.71. The average Bonchev–Trinajstić information content (AvgIpc) is 1.80. The van der Waals surface area contributed by atoms with Gasteiger partial charge in [0.05, 0.1) is 24.7 Å². The Morgan fingerprint density at radius 2 is 2.20 bits per heavy atom. The minimum absolute atomic E-state index is 0.158. The van der Waals surface area contributed by atoms with Crippen LogP contribution in [-0.2, 0) is 4.74 Å². The molecule has 1 heterocycles. The van der Waals surface area contributed by atoms with Crippen molar-refractivity contribution >= 4 is 0 Å². The molecule has 1 aliphatic heterocycles. The Labute approximate surface area is 61.8 Å². The summed E-state index contributed by atoms with van der Waals surface area (Å²) in [6.07, 6.45) is 0.976. The molecule has 1 aliphatic rings. The lowest BCUT2D eigenvalue weighted by atomic mass is 9.83. The molecule has 0 aliphatic carbocycles. The lowest BCUT2D eigenvalue weighted by Gasteiger charge is -2.30. The highest BCUT2D eigenvalue weighted by Crippen LogP contribution is 2.28. The lowest BCUT2D eigenvalue weighted by Crippen LogP contribution is -2.31. The zero-order chi connectivity index (χ0) is 7.61. The first-order valence-corrected chi connectivity index (χ1v) is 3.63. The predicted octanol–water partition coefficient (Wildman–Crippen LogP) is 1.57. The van der Waals surface area contributed by atoms with Gasteiger partial charge in [0.15, 0.2) is 0 Å². The fourth-order valence-corrected chi connectivity index (χ4v) is 1.17. The minimum atomic E-state index is -0.158. The van der Waals surface area contributed by atoms with Gasteiger partial charge in [-0.15, -0.1) is 0 Å². The van der Waals surface area contributed by atoms with Crippen molar-refractivity contribution in [3.05, 3.63) is 0 Å². The van der Waals surface area contributed by atoms with Crippen molar-refractivity contribution in [3.63, 3.8) is 0 Å². The maximum Gasteiger partial charge on any atom is 0.0684 e. The monoisotopic (exact) mass is 139 g/mol. The zero-order valence-corrected chi connectivity index (χ0v) is 6.55. The third-order valence-electron chi connectivity index (χ3n) is 1.81. The van der Waals surface area contributed by atoms with Gasteiger partial charge < -0.3 is 4.74 Å². The first-order valence-electron chi connectivity index (χ1n) is 3.63. The van der Waals surface area contributed by atoms with Crippen LogP contribution in [0.25, 0.3) is 0 Å². The summed E-state index contributed by atoms with van der Waals surface area (Å²) in [6, 6.07) is 2.28. The Morgan fingerprint density at radius 1 is 1.60 bits per heavy atom. The Bertz CT molecular complexity index is 153. The van der Waals surface area contributed by atoms with Gasteiger partial charge in [-0.25, -0.2) is 0 Å². The van der Waals surface area contributed by atoms with Crippen LogP contribution in [-0.4, -0.2) is 13.2 Å². The minimum Gasteiger partial charge on any atom is -0.381 e. The van der Waals surface area contributed by atoms with Crippen molar-refractivity contribution < 1.29 is 4.74 Å². The molecule has 2 heteroatoms. The summed E-state index contributed by atoms with van der Waals surface area (Å²) in [7, 11) is 0. The van der Waals surface area contributed by atoms with Gasteiger partial charge >= 0.3 is 0 Å². The molecular formula is C8H13NO. The number of rotatable bonds is 2. The van der Waals surface area contributed by atoms with E-state index in [1.165, 1.54) is 0 Å². The molecule has 0 saturated carbocycles. The Kier molecular flexibility index (Phi) is 1.96. The standard InChI is InChI=1S/C8H13NO/c1-8(2,6-9)3-7-4-10-5-7/h7H,3-5H2,1-2H3. The SMILES string of the molecule is CC(C)(C#N)CC1COC1. The number of hydrogen-bond donors (Lipinski definition) is 0. The van der Waals surface area contributed by atoms with E-state index in [1.807, 2.05) is 13.8 Å². The van der Waals surface area contributed by atoms with Crippen LogP contribution in [0.15, 0.2) is 0 Å². The molecule has 10 heavy (non-hydrogen) atoms. The predicted molar refractivity (Wildman–Crippen MR) is 38.3 cm³/mol. The molecule has 1 saturated heterocycles. The van der Waals surface area contributed by atoms with Crippen molar-refractivity contribution in [3.8, 4) is 6.07 Å². The molecule has 0 atom stereocenters. The summed E-state index contributed by atoms with van der Waals surface area (Å²) in [4.78, 5) is 0. The first kappa shape index (κ1) is 7.56. The summed E-state index contributed by atoms with van der Waals surface area (Å²) in [5.41, 5.74) is -0.158. The van der Waals surface area contributed by atoms with Gasteiger partial charge in [0, 0.05) is 5.92 Å². The Hall–Kier alpha value is -0.550. The molecular weight excluding hydrogens is 126 g/mol. The van der Waals surface area contributed by atoms with E-state index in [0.29, 0.717) is 5.92 Å². The van der Waals surface area contributed by atoms with Crippen LogP contribution in [0.4, 0.5) is 0 Å². The van der Waals surface area contributed by atoms with Crippen molar-refractivity contribution in [2.45, 2.75) is 20.3 Å². The molecule has 0 spiro atoms. The molecule has 1 fully saturated rings. The molecule has 0 N–H and O–H groups in total. The van der Waals surface area contributed by atoms with E-state index in [1.54, 1.807) is 0 Å². The second-order valence-corrected chi connectivity index (χ2v) is 3.60.